The van der Waals surface area contributed by atoms with Crippen molar-refractivity contribution in [3.05, 3.63) is 71.0 Å². The number of aliphatic hydroxyl groups is 1. The van der Waals surface area contributed by atoms with E-state index in [-0.39, 0.29) is 30.6 Å². The summed E-state index contributed by atoms with van der Waals surface area (Å²) in [6.45, 7) is 0.793. The largest absolute Gasteiger partial charge is 0.416 e. The molecule has 0 radical (unpaired) electrons. The molecule has 0 aliphatic heterocycles. The van der Waals surface area contributed by atoms with Crippen molar-refractivity contribution >= 4 is 24.8 Å². The maximum Gasteiger partial charge on any atom is 0.416 e. The zero-order valence-corrected chi connectivity index (χ0v) is 18.1. The van der Waals surface area contributed by atoms with Gasteiger partial charge in [0.1, 0.15) is 5.82 Å². The van der Waals surface area contributed by atoms with Crippen molar-refractivity contribution in [3.8, 4) is 0 Å². The van der Waals surface area contributed by atoms with E-state index in [9.17, 15) is 22.7 Å². The van der Waals surface area contributed by atoms with Gasteiger partial charge in [0.2, 0.25) is 0 Å². The molecule has 2 nitrogen and oxygen atoms in total. The Bertz CT molecular complexity index is 777. The predicted molar refractivity (Wildman–Crippen MR) is 115 cm³/mol. The molecule has 168 valence electrons. The fraction of sp³-hybridized carbons (Fsp3) is 0.455. The van der Waals surface area contributed by atoms with Crippen molar-refractivity contribution in [1.82, 2.24) is 5.32 Å². The lowest BCUT2D eigenvalue weighted by Gasteiger charge is -2.40. The van der Waals surface area contributed by atoms with Crippen molar-refractivity contribution in [2.24, 2.45) is 0 Å². The molecule has 0 spiro atoms. The number of hydrogen-bond acceptors (Lipinski definition) is 2. The topological polar surface area (TPSA) is 32.3 Å². The molecule has 2 aromatic rings. The SMILES string of the molecule is Cl.Cl.OC1(C(CNCc2ccc(F)cc2)c2cccc(C(F)(F)F)c2)CCCCC1. The van der Waals surface area contributed by atoms with E-state index >= 15 is 0 Å². The highest BCUT2D eigenvalue weighted by molar-refractivity contribution is 5.85. The second kappa shape index (κ2) is 11.3. The average molecular weight is 468 g/mol. The standard InChI is InChI=1S/C22H25F4NO.2ClH/c23-19-9-7-16(8-10-19)14-27-15-20(21(28)11-2-1-3-12-21)17-5-4-6-18(13-17)22(24,25)26;;/h4-10,13,20,27-28H,1-3,11-12,14-15H2;2*1H. The fourth-order valence-corrected chi connectivity index (χ4v) is 4.03. The second-order valence-corrected chi connectivity index (χ2v) is 7.60. The van der Waals surface area contributed by atoms with E-state index in [2.05, 4.69) is 5.32 Å². The van der Waals surface area contributed by atoms with Crippen molar-refractivity contribution in [2.75, 3.05) is 6.54 Å². The van der Waals surface area contributed by atoms with Gasteiger partial charge in [-0.1, -0.05) is 49.6 Å². The summed E-state index contributed by atoms with van der Waals surface area (Å²) in [4.78, 5) is 0. The van der Waals surface area contributed by atoms with E-state index in [0.717, 1.165) is 37.0 Å². The zero-order chi connectivity index (χ0) is 20.2. The van der Waals surface area contributed by atoms with E-state index in [4.69, 9.17) is 0 Å². The Morgan fingerprint density at radius 1 is 0.967 bits per heavy atom. The number of rotatable bonds is 6. The summed E-state index contributed by atoms with van der Waals surface area (Å²) in [6, 6.07) is 11.3. The van der Waals surface area contributed by atoms with Crippen LogP contribution < -0.4 is 5.32 Å². The van der Waals surface area contributed by atoms with Crippen LogP contribution in [0.2, 0.25) is 0 Å². The Kier molecular flexibility index (Phi) is 10.1. The van der Waals surface area contributed by atoms with E-state index in [1.807, 2.05) is 0 Å². The first-order valence-electron chi connectivity index (χ1n) is 9.63. The van der Waals surface area contributed by atoms with Gasteiger partial charge in [-0.3, -0.25) is 0 Å². The molecule has 1 aliphatic rings. The van der Waals surface area contributed by atoms with Gasteiger partial charge < -0.3 is 10.4 Å². The lowest BCUT2D eigenvalue weighted by Crippen LogP contribution is -2.43. The molecule has 1 fully saturated rings. The maximum absolute atomic E-state index is 13.2. The van der Waals surface area contributed by atoms with E-state index < -0.39 is 23.3 Å². The molecular weight excluding hydrogens is 441 g/mol. The molecule has 2 N–H and O–H groups in total. The Labute approximate surface area is 186 Å². The van der Waals surface area contributed by atoms with Gasteiger partial charge in [0.15, 0.2) is 0 Å². The summed E-state index contributed by atoms with van der Waals surface area (Å²) in [5.41, 5.74) is -0.364. The van der Waals surface area contributed by atoms with Crippen molar-refractivity contribution in [3.63, 3.8) is 0 Å². The van der Waals surface area contributed by atoms with Gasteiger partial charge in [0.25, 0.3) is 0 Å². The minimum Gasteiger partial charge on any atom is -0.389 e. The van der Waals surface area contributed by atoms with E-state index in [0.29, 0.717) is 31.5 Å². The molecule has 1 atom stereocenters. The van der Waals surface area contributed by atoms with Crippen LogP contribution in [0, 0.1) is 5.82 Å². The van der Waals surface area contributed by atoms with Gasteiger partial charge in [-0.05, 0) is 42.2 Å². The highest BCUT2D eigenvalue weighted by Gasteiger charge is 2.39. The first kappa shape index (κ1) is 26.7. The summed E-state index contributed by atoms with van der Waals surface area (Å²) < 4.78 is 52.5. The van der Waals surface area contributed by atoms with Crippen LogP contribution in [0.3, 0.4) is 0 Å². The third kappa shape index (κ3) is 6.84. The number of alkyl halides is 3. The number of hydrogen-bond donors (Lipinski definition) is 2. The molecule has 0 saturated heterocycles. The Hall–Kier alpha value is -1.34. The van der Waals surface area contributed by atoms with Crippen LogP contribution >= 0.6 is 24.8 Å². The smallest absolute Gasteiger partial charge is 0.389 e. The highest BCUT2D eigenvalue weighted by atomic mass is 35.5. The maximum atomic E-state index is 13.2. The predicted octanol–water partition coefficient (Wildman–Crippen LogP) is 6.26. The molecular formula is C22H27Cl2F4NO. The molecule has 0 aromatic heterocycles. The molecule has 0 bridgehead atoms. The molecule has 1 aliphatic carbocycles. The summed E-state index contributed by atoms with van der Waals surface area (Å²) in [5.74, 6) is -0.766. The average Bonchev–Trinajstić information content (AvgIpc) is 2.66. The van der Waals surface area contributed by atoms with E-state index in [1.165, 1.54) is 18.2 Å². The molecule has 2 aromatic carbocycles. The minimum absolute atomic E-state index is 0. The fourth-order valence-electron chi connectivity index (χ4n) is 4.03. The third-order valence-corrected chi connectivity index (χ3v) is 5.58. The molecule has 30 heavy (non-hydrogen) atoms. The molecule has 1 unspecified atom stereocenters. The first-order chi connectivity index (χ1) is 13.3. The van der Waals surface area contributed by atoms with Crippen LogP contribution in [0.25, 0.3) is 0 Å². The Morgan fingerprint density at radius 2 is 1.60 bits per heavy atom. The molecule has 8 heteroatoms. The van der Waals surface area contributed by atoms with Crippen LogP contribution in [0.4, 0.5) is 17.6 Å². The molecule has 0 heterocycles. The molecule has 1 saturated carbocycles. The highest BCUT2D eigenvalue weighted by Crippen LogP contribution is 2.41. The van der Waals surface area contributed by atoms with Gasteiger partial charge in [-0.2, -0.15) is 13.2 Å². The quantitative estimate of drug-likeness (QED) is 0.491. The zero-order valence-electron chi connectivity index (χ0n) is 16.4. The normalized spacial score (nSPS) is 16.8. The number of benzene rings is 2. The van der Waals surface area contributed by atoms with Crippen LogP contribution in [-0.2, 0) is 12.7 Å². The van der Waals surface area contributed by atoms with Gasteiger partial charge in [0, 0.05) is 19.0 Å². The lowest BCUT2D eigenvalue weighted by atomic mass is 9.72. The molecule has 0 amide bonds. The van der Waals surface area contributed by atoms with Crippen LogP contribution in [0.5, 0.6) is 0 Å². The minimum atomic E-state index is -4.42. The van der Waals surface area contributed by atoms with Crippen molar-refractivity contribution in [2.45, 2.75) is 56.3 Å². The summed E-state index contributed by atoms with van der Waals surface area (Å²) in [7, 11) is 0. The van der Waals surface area contributed by atoms with Gasteiger partial charge in [-0.15, -0.1) is 24.8 Å². The van der Waals surface area contributed by atoms with E-state index in [1.54, 1.807) is 18.2 Å². The summed E-state index contributed by atoms with van der Waals surface area (Å²) >= 11 is 0. The van der Waals surface area contributed by atoms with Gasteiger partial charge >= 0.3 is 6.18 Å². The Balaban J connectivity index is 0.00000225. The van der Waals surface area contributed by atoms with Crippen LogP contribution in [-0.4, -0.2) is 17.3 Å². The summed E-state index contributed by atoms with van der Waals surface area (Å²) in [5, 5.41) is 14.5. The lowest BCUT2D eigenvalue weighted by molar-refractivity contribution is -0.137. The van der Waals surface area contributed by atoms with Gasteiger partial charge in [0.05, 0.1) is 11.2 Å². The van der Waals surface area contributed by atoms with Crippen molar-refractivity contribution in [1.29, 1.82) is 0 Å². The molecule has 3 rings (SSSR count). The van der Waals surface area contributed by atoms with Gasteiger partial charge in [-0.25, -0.2) is 4.39 Å². The third-order valence-electron chi connectivity index (χ3n) is 5.58. The number of halogens is 6. The summed E-state index contributed by atoms with van der Waals surface area (Å²) in [6.07, 6.45) is -0.510. The van der Waals surface area contributed by atoms with Crippen LogP contribution in [0.1, 0.15) is 54.7 Å². The van der Waals surface area contributed by atoms with Crippen molar-refractivity contribution < 1.29 is 22.7 Å². The monoisotopic (exact) mass is 467 g/mol. The second-order valence-electron chi connectivity index (χ2n) is 7.60. The number of nitrogens with one attached hydrogen (secondary N) is 1. The Morgan fingerprint density at radius 3 is 2.20 bits per heavy atom. The van der Waals surface area contributed by atoms with Crippen LogP contribution in [0.15, 0.2) is 48.5 Å². The first-order valence-corrected chi connectivity index (χ1v) is 9.63.